The van der Waals surface area contributed by atoms with Crippen LogP contribution >= 0.6 is 0 Å². The summed E-state index contributed by atoms with van der Waals surface area (Å²) in [7, 11) is -7.27. The zero-order valence-electron chi connectivity index (χ0n) is 21.0. The van der Waals surface area contributed by atoms with Crippen molar-refractivity contribution in [3.63, 3.8) is 0 Å². The molecule has 1 aliphatic rings. The van der Waals surface area contributed by atoms with E-state index < -0.39 is 26.0 Å². The fourth-order valence-corrected chi connectivity index (χ4v) is 6.50. The molecule has 198 valence electrons. The number of benzene rings is 2. The van der Waals surface area contributed by atoms with Crippen LogP contribution in [-0.2, 0) is 29.6 Å². The predicted molar refractivity (Wildman–Crippen MR) is 137 cm³/mol. The Morgan fingerprint density at radius 1 is 1.03 bits per heavy atom. The van der Waals surface area contributed by atoms with Gasteiger partial charge in [0.25, 0.3) is 0 Å². The summed E-state index contributed by atoms with van der Waals surface area (Å²) in [4.78, 5) is 12.7. The Labute approximate surface area is 213 Å². The normalized spacial score (nSPS) is 14.9. The van der Waals surface area contributed by atoms with Gasteiger partial charge in [-0.15, -0.1) is 0 Å². The lowest BCUT2D eigenvalue weighted by atomic mass is 10.1. The van der Waals surface area contributed by atoms with Crippen molar-refractivity contribution in [2.24, 2.45) is 0 Å². The van der Waals surface area contributed by atoms with Crippen LogP contribution in [0.2, 0.25) is 0 Å². The van der Waals surface area contributed by atoms with Crippen molar-refractivity contribution >= 4 is 31.6 Å². The van der Waals surface area contributed by atoms with Crippen molar-refractivity contribution in [2.45, 2.75) is 25.7 Å². The van der Waals surface area contributed by atoms with Gasteiger partial charge in [0.1, 0.15) is 18.9 Å². The Bertz CT molecular complexity index is 1260. The molecule has 3 rings (SSSR count). The molecule has 0 aromatic heterocycles. The Balaban J connectivity index is 1.54. The molecule has 0 radical (unpaired) electrons. The summed E-state index contributed by atoms with van der Waals surface area (Å²) in [6.45, 7) is 6.87. The lowest BCUT2D eigenvalue weighted by Gasteiger charge is -2.26. The first-order valence-corrected chi connectivity index (χ1v) is 14.8. The molecule has 1 saturated heterocycles. The van der Waals surface area contributed by atoms with Crippen LogP contribution in [0.5, 0.6) is 5.75 Å². The Morgan fingerprint density at radius 2 is 1.61 bits per heavy atom. The summed E-state index contributed by atoms with van der Waals surface area (Å²) in [5, 5.41) is 2.67. The Kier molecular flexibility index (Phi) is 8.98. The number of hydrogen-bond acceptors (Lipinski definition) is 7. The monoisotopic (exact) mass is 539 g/mol. The molecule has 1 N–H and O–H groups in total. The van der Waals surface area contributed by atoms with Crippen LogP contribution in [0.1, 0.15) is 16.7 Å². The number of hydrogen-bond donors (Lipinski definition) is 1. The summed E-state index contributed by atoms with van der Waals surface area (Å²) in [5.74, 6) is -0.0100. The number of ether oxygens (including phenoxy) is 2. The highest BCUT2D eigenvalue weighted by molar-refractivity contribution is 7.92. The predicted octanol–water partition coefficient (Wildman–Crippen LogP) is 1.59. The standard InChI is InChI=1S/C24H33N3O7S2/c1-18-15-19(2)24(20(3)16-18)27(35(4,29)30)17-23(28)25-9-12-34-21-5-7-22(8-6-21)36(31,32)26-10-13-33-14-11-26/h5-8,15-16H,9-14,17H2,1-4H3,(H,25,28). The molecule has 0 aliphatic carbocycles. The summed E-state index contributed by atoms with van der Waals surface area (Å²) in [6.07, 6.45) is 1.07. The van der Waals surface area contributed by atoms with Gasteiger partial charge in [-0.3, -0.25) is 9.10 Å². The Morgan fingerprint density at radius 3 is 2.17 bits per heavy atom. The summed E-state index contributed by atoms with van der Waals surface area (Å²) < 4.78 is 63.6. The van der Waals surface area contributed by atoms with Crippen molar-refractivity contribution in [2.75, 3.05) is 56.6 Å². The molecular weight excluding hydrogens is 506 g/mol. The molecule has 1 fully saturated rings. The number of aryl methyl sites for hydroxylation is 3. The van der Waals surface area contributed by atoms with Gasteiger partial charge in [0, 0.05) is 13.1 Å². The molecule has 0 atom stereocenters. The minimum atomic E-state index is -3.69. The van der Waals surface area contributed by atoms with Gasteiger partial charge >= 0.3 is 0 Å². The average molecular weight is 540 g/mol. The summed E-state index contributed by atoms with van der Waals surface area (Å²) >= 11 is 0. The highest BCUT2D eigenvalue weighted by Crippen LogP contribution is 2.28. The first-order chi connectivity index (χ1) is 16.9. The second-order valence-electron chi connectivity index (χ2n) is 8.70. The quantitative estimate of drug-likeness (QED) is 0.455. The number of rotatable bonds is 10. The highest BCUT2D eigenvalue weighted by Gasteiger charge is 2.26. The third kappa shape index (κ3) is 6.96. The van der Waals surface area contributed by atoms with E-state index in [9.17, 15) is 21.6 Å². The number of morpholine rings is 1. The van der Waals surface area contributed by atoms with Crippen molar-refractivity contribution in [3.05, 3.63) is 53.1 Å². The molecule has 36 heavy (non-hydrogen) atoms. The van der Waals surface area contributed by atoms with Gasteiger partial charge in [-0.05, 0) is 56.2 Å². The van der Waals surface area contributed by atoms with Gasteiger partial charge < -0.3 is 14.8 Å². The average Bonchev–Trinajstić information content (AvgIpc) is 2.81. The van der Waals surface area contributed by atoms with E-state index in [1.54, 1.807) is 12.1 Å². The molecule has 1 amide bonds. The van der Waals surface area contributed by atoms with E-state index in [1.165, 1.54) is 16.4 Å². The van der Waals surface area contributed by atoms with E-state index in [4.69, 9.17) is 9.47 Å². The number of anilines is 1. The smallest absolute Gasteiger partial charge is 0.243 e. The third-order valence-electron chi connectivity index (χ3n) is 5.70. The number of sulfonamides is 2. The van der Waals surface area contributed by atoms with Crippen molar-refractivity contribution < 1.29 is 31.1 Å². The van der Waals surface area contributed by atoms with Crippen LogP contribution in [-0.4, -0.2) is 79.3 Å². The van der Waals surface area contributed by atoms with Crippen molar-refractivity contribution in [1.82, 2.24) is 9.62 Å². The fraction of sp³-hybridized carbons (Fsp3) is 0.458. The van der Waals surface area contributed by atoms with Crippen LogP contribution < -0.4 is 14.4 Å². The third-order valence-corrected chi connectivity index (χ3v) is 8.72. The molecule has 12 heteroatoms. The zero-order chi connectivity index (χ0) is 26.5. The van der Waals surface area contributed by atoms with Crippen LogP contribution in [0.15, 0.2) is 41.3 Å². The molecule has 10 nitrogen and oxygen atoms in total. The molecule has 1 aliphatic heterocycles. The molecule has 0 unspecified atom stereocenters. The molecule has 0 bridgehead atoms. The van der Waals surface area contributed by atoms with E-state index in [0.29, 0.717) is 37.7 Å². The Hall–Kier alpha value is -2.67. The molecular formula is C24H33N3O7S2. The van der Waals surface area contributed by atoms with Crippen molar-refractivity contribution in [1.29, 1.82) is 0 Å². The fourth-order valence-electron chi connectivity index (χ4n) is 4.12. The number of nitrogens with zero attached hydrogens (tertiary/aromatic N) is 2. The van der Waals surface area contributed by atoms with Gasteiger partial charge in [0.05, 0.1) is 36.6 Å². The SMILES string of the molecule is Cc1cc(C)c(N(CC(=O)NCCOc2ccc(S(=O)(=O)N3CCOCC3)cc2)S(C)(=O)=O)c(C)c1. The first-order valence-electron chi connectivity index (χ1n) is 11.5. The lowest BCUT2D eigenvalue weighted by molar-refractivity contribution is -0.119. The van der Waals surface area contributed by atoms with E-state index >= 15 is 0 Å². The maximum atomic E-state index is 12.7. The van der Waals surface area contributed by atoms with E-state index in [1.807, 2.05) is 32.9 Å². The van der Waals surface area contributed by atoms with Crippen LogP contribution in [0.4, 0.5) is 5.69 Å². The zero-order valence-corrected chi connectivity index (χ0v) is 22.6. The van der Waals surface area contributed by atoms with Gasteiger partial charge in [0.2, 0.25) is 26.0 Å². The minimum Gasteiger partial charge on any atom is -0.492 e. The summed E-state index contributed by atoms with van der Waals surface area (Å²) in [5.41, 5.74) is 3.05. The maximum absolute atomic E-state index is 12.7. The topological polar surface area (TPSA) is 122 Å². The maximum Gasteiger partial charge on any atom is 0.243 e. The molecule has 1 heterocycles. The highest BCUT2D eigenvalue weighted by atomic mass is 32.2. The van der Waals surface area contributed by atoms with E-state index in [0.717, 1.165) is 27.3 Å². The first kappa shape index (κ1) is 27.9. The number of carbonyl (C=O) groups excluding carboxylic acids is 1. The molecule has 2 aromatic rings. The van der Waals surface area contributed by atoms with Gasteiger partial charge in [-0.2, -0.15) is 4.31 Å². The molecule has 0 spiro atoms. The van der Waals surface area contributed by atoms with Crippen LogP contribution in [0.25, 0.3) is 0 Å². The van der Waals surface area contributed by atoms with Crippen LogP contribution in [0.3, 0.4) is 0 Å². The number of carbonyl (C=O) groups is 1. The summed E-state index contributed by atoms with van der Waals surface area (Å²) in [6, 6.07) is 9.84. The minimum absolute atomic E-state index is 0.128. The number of amides is 1. The number of nitrogens with one attached hydrogen (secondary N) is 1. The van der Waals surface area contributed by atoms with E-state index in [2.05, 4.69) is 5.32 Å². The lowest BCUT2D eigenvalue weighted by Crippen LogP contribution is -2.42. The molecule has 0 saturated carbocycles. The van der Waals surface area contributed by atoms with E-state index in [-0.39, 0.29) is 24.6 Å². The molecule has 2 aromatic carbocycles. The van der Waals surface area contributed by atoms with Crippen LogP contribution in [0, 0.1) is 20.8 Å². The van der Waals surface area contributed by atoms with Gasteiger partial charge in [-0.1, -0.05) is 17.7 Å². The van der Waals surface area contributed by atoms with Gasteiger partial charge in [0.15, 0.2) is 0 Å². The second kappa shape index (κ2) is 11.6. The van der Waals surface area contributed by atoms with Gasteiger partial charge in [-0.25, -0.2) is 16.8 Å². The van der Waals surface area contributed by atoms with Crippen molar-refractivity contribution in [3.8, 4) is 5.75 Å². The second-order valence-corrected chi connectivity index (χ2v) is 12.5. The largest absolute Gasteiger partial charge is 0.492 e.